The van der Waals surface area contributed by atoms with Gasteiger partial charge in [0.25, 0.3) is 0 Å². The molecule has 0 aliphatic heterocycles. The van der Waals surface area contributed by atoms with Gasteiger partial charge in [-0.3, -0.25) is 0 Å². The van der Waals surface area contributed by atoms with Gasteiger partial charge in [0.15, 0.2) is 11.6 Å². The van der Waals surface area contributed by atoms with E-state index in [2.05, 4.69) is 6.92 Å². The molecule has 0 aromatic heterocycles. The van der Waals surface area contributed by atoms with Crippen molar-refractivity contribution in [3.05, 3.63) is 41.2 Å². The smallest absolute Gasteiger partial charge is 0.201 e. The van der Waals surface area contributed by atoms with Gasteiger partial charge in [-0.2, -0.15) is 4.39 Å². The maximum atomic E-state index is 15.3. The molecule has 4 heteroatoms. The SMILES string of the molecule is CCCCC1CCC2C[C@H](c3ccc4cc(OC)c(F)c(F)c4c3F)CC[C@@H]2C1. The second kappa shape index (κ2) is 8.57. The number of fused-ring (bicyclic) bond motifs is 2. The Morgan fingerprint density at radius 1 is 0.931 bits per heavy atom. The van der Waals surface area contributed by atoms with Crippen molar-refractivity contribution in [3.8, 4) is 5.75 Å². The largest absolute Gasteiger partial charge is 0.494 e. The molecule has 2 aromatic carbocycles. The highest BCUT2D eigenvalue weighted by molar-refractivity contribution is 5.86. The average molecular weight is 405 g/mol. The van der Waals surface area contributed by atoms with Crippen molar-refractivity contribution < 1.29 is 17.9 Å². The molecule has 0 radical (unpaired) electrons. The summed E-state index contributed by atoms with van der Waals surface area (Å²) < 4.78 is 48.9. The Morgan fingerprint density at radius 3 is 2.45 bits per heavy atom. The number of methoxy groups -OCH3 is 1. The van der Waals surface area contributed by atoms with Crippen molar-refractivity contribution in [2.45, 2.75) is 70.6 Å². The van der Waals surface area contributed by atoms with Crippen LogP contribution in [0, 0.1) is 35.2 Å². The van der Waals surface area contributed by atoms with Gasteiger partial charge in [-0.25, -0.2) is 8.78 Å². The lowest BCUT2D eigenvalue weighted by molar-refractivity contribution is 0.113. The summed E-state index contributed by atoms with van der Waals surface area (Å²) in [5, 5.41) is 0.0957. The summed E-state index contributed by atoms with van der Waals surface area (Å²) in [7, 11) is 1.28. The van der Waals surface area contributed by atoms with Gasteiger partial charge in [-0.1, -0.05) is 44.7 Å². The van der Waals surface area contributed by atoms with E-state index in [1.54, 1.807) is 12.1 Å². The van der Waals surface area contributed by atoms with Gasteiger partial charge < -0.3 is 4.74 Å². The van der Waals surface area contributed by atoms with Crippen molar-refractivity contribution in [1.82, 2.24) is 0 Å². The van der Waals surface area contributed by atoms with Crippen molar-refractivity contribution >= 4 is 10.8 Å². The minimum Gasteiger partial charge on any atom is -0.494 e. The predicted octanol–water partition coefficient (Wildman–Crippen LogP) is 7.76. The zero-order valence-electron chi connectivity index (χ0n) is 17.4. The van der Waals surface area contributed by atoms with E-state index < -0.39 is 17.5 Å². The second-order valence-corrected chi connectivity index (χ2v) is 9.13. The van der Waals surface area contributed by atoms with Gasteiger partial charge in [0.1, 0.15) is 5.82 Å². The lowest BCUT2D eigenvalue weighted by Gasteiger charge is -2.42. The minimum absolute atomic E-state index is 0.0948. The van der Waals surface area contributed by atoms with Crippen LogP contribution in [-0.2, 0) is 0 Å². The van der Waals surface area contributed by atoms with Crippen LogP contribution in [0.1, 0.15) is 76.2 Å². The lowest BCUT2D eigenvalue weighted by atomic mass is 9.63. The quantitative estimate of drug-likeness (QED) is 0.495. The molecule has 0 saturated heterocycles. The molecular formula is C25H31F3O. The van der Waals surface area contributed by atoms with Gasteiger partial charge in [0.05, 0.1) is 12.5 Å². The molecule has 2 fully saturated rings. The summed E-state index contributed by atoms with van der Waals surface area (Å²) in [4.78, 5) is 0. The monoisotopic (exact) mass is 404 g/mol. The third-order valence-corrected chi connectivity index (χ3v) is 7.47. The number of ether oxygens (including phenoxy) is 1. The van der Waals surface area contributed by atoms with Crippen LogP contribution in [0.15, 0.2) is 18.2 Å². The zero-order chi connectivity index (χ0) is 20.5. The fraction of sp³-hybridized carbons (Fsp3) is 0.600. The van der Waals surface area contributed by atoms with Crippen LogP contribution in [0.25, 0.3) is 10.8 Å². The molecule has 2 aliphatic carbocycles. The van der Waals surface area contributed by atoms with E-state index in [0.29, 0.717) is 16.9 Å². The van der Waals surface area contributed by atoms with Crippen LogP contribution < -0.4 is 4.74 Å². The molecule has 0 spiro atoms. The van der Waals surface area contributed by atoms with Crippen molar-refractivity contribution in [2.75, 3.05) is 7.11 Å². The summed E-state index contributed by atoms with van der Waals surface area (Å²) in [6.45, 7) is 2.25. The highest BCUT2D eigenvalue weighted by Crippen LogP contribution is 2.49. The first kappa shape index (κ1) is 20.6. The number of hydrogen-bond donors (Lipinski definition) is 0. The van der Waals surface area contributed by atoms with E-state index in [9.17, 15) is 8.78 Å². The highest BCUT2D eigenvalue weighted by atomic mass is 19.2. The molecule has 1 nitrogen and oxygen atoms in total. The molecule has 4 rings (SSSR count). The van der Waals surface area contributed by atoms with Gasteiger partial charge in [-0.05, 0) is 72.8 Å². The second-order valence-electron chi connectivity index (χ2n) is 9.13. The Labute approximate surface area is 171 Å². The molecule has 2 saturated carbocycles. The van der Waals surface area contributed by atoms with E-state index >= 15 is 4.39 Å². The van der Waals surface area contributed by atoms with Gasteiger partial charge >= 0.3 is 0 Å². The molecule has 2 aliphatic rings. The Hall–Kier alpha value is -1.71. The summed E-state index contributed by atoms with van der Waals surface area (Å²) >= 11 is 0. The third kappa shape index (κ3) is 3.87. The van der Waals surface area contributed by atoms with Crippen LogP contribution in [0.2, 0.25) is 0 Å². The van der Waals surface area contributed by atoms with Crippen molar-refractivity contribution in [2.24, 2.45) is 17.8 Å². The first-order chi connectivity index (χ1) is 14.0. The number of halogens is 3. The number of benzene rings is 2. The molecule has 158 valence electrons. The zero-order valence-corrected chi connectivity index (χ0v) is 17.4. The van der Waals surface area contributed by atoms with Crippen LogP contribution >= 0.6 is 0 Å². The summed E-state index contributed by atoms with van der Waals surface area (Å²) in [5.74, 6) is -0.712. The first-order valence-corrected chi connectivity index (χ1v) is 11.2. The molecule has 0 amide bonds. The van der Waals surface area contributed by atoms with E-state index in [1.807, 2.05) is 0 Å². The molecule has 0 N–H and O–H groups in total. The topological polar surface area (TPSA) is 9.23 Å². The number of hydrogen-bond acceptors (Lipinski definition) is 1. The Morgan fingerprint density at radius 2 is 1.69 bits per heavy atom. The minimum atomic E-state index is -1.15. The normalized spacial score (nSPS) is 27.1. The molecular weight excluding hydrogens is 373 g/mol. The molecule has 0 bridgehead atoms. The molecule has 4 atom stereocenters. The molecule has 0 heterocycles. The van der Waals surface area contributed by atoms with Gasteiger partial charge in [0.2, 0.25) is 5.82 Å². The predicted molar refractivity (Wildman–Crippen MR) is 111 cm³/mol. The van der Waals surface area contributed by atoms with Crippen LogP contribution in [0.5, 0.6) is 5.75 Å². The average Bonchev–Trinajstić information content (AvgIpc) is 2.74. The van der Waals surface area contributed by atoms with E-state index in [-0.39, 0.29) is 17.1 Å². The highest BCUT2D eigenvalue weighted by Gasteiger charge is 2.36. The maximum absolute atomic E-state index is 15.3. The van der Waals surface area contributed by atoms with E-state index in [0.717, 1.165) is 31.1 Å². The first-order valence-electron chi connectivity index (χ1n) is 11.2. The Kier molecular flexibility index (Phi) is 6.08. The maximum Gasteiger partial charge on any atom is 0.201 e. The molecule has 29 heavy (non-hydrogen) atoms. The summed E-state index contributed by atoms with van der Waals surface area (Å²) in [5.41, 5.74) is 0.549. The van der Waals surface area contributed by atoms with Crippen molar-refractivity contribution in [3.63, 3.8) is 0 Å². The fourth-order valence-electron chi connectivity index (χ4n) is 5.86. The van der Waals surface area contributed by atoms with Crippen LogP contribution in [-0.4, -0.2) is 7.11 Å². The van der Waals surface area contributed by atoms with Crippen LogP contribution in [0.3, 0.4) is 0 Å². The third-order valence-electron chi connectivity index (χ3n) is 7.47. The molecule has 2 aromatic rings. The Balaban J connectivity index is 1.56. The van der Waals surface area contributed by atoms with Gasteiger partial charge in [0, 0.05) is 0 Å². The summed E-state index contributed by atoms with van der Waals surface area (Å²) in [6, 6.07) is 4.84. The fourth-order valence-corrected chi connectivity index (χ4v) is 5.86. The van der Waals surface area contributed by atoms with Gasteiger partial charge in [-0.15, -0.1) is 0 Å². The number of unbranched alkanes of at least 4 members (excludes halogenated alkanes) is 1. The van der Waals surface area contributed by atoms with E-state index in [4.69, 9.17) is 4.74 Å². The van der Waals surface area contributed by atoms with E-state index in [1.165, 1.54) is 51.7 Å². The van der Waals surface area contributed by atoms with Crippen LogP contribution in [0.4, 0.5) is 13.2 Å². The molecule has 2 unspecified atom stereocenters. The standard InChI is InChI=1S/C25H31F3O/c1-3-4-5-15-6-7-17-13-18(9-8-16(17)12-15)20-11-10-19-14-21(29-2)24(27)25(28)22(19)23(20)26/h10-11,14-18H,3-9,12-13H2,1-2H3/t15?,16-,17?,18-/m1/s1. The Bertz CT molecular complexity index is 878. The number of rotatable bonds is 5. The van der Waals surface area contributed by atoms with Crippen molar-refractivity contribution in [1.29, 1.82) is 0 Å². The summed E-state index contributed by atoms with van der Waals surface area (Å²) in [6.07, 6.45) is 10.8. The lowest BCUT2D eigenvalue weighted by Crippen LogP contribution is -2.30.